The molecular formula is C29H25N3O. The zero-order chi connectivity index (χ0) is 22.0. The Morgan fingerprint density at radius 3 is 2.48 bits per heavy atom. The van der Waals surface area contributed by atoms with Gasteiger partial charge >= 0.3 is 0 Å². The smallest absolute Gasteiger partial charge is 0.169 e. The summed E-state index contributed by atoms with van der Waals surface area (Å²) in [6.07, 6.45) is 10.1. The van der Waals surface area contributed by atoms with Gasteiger partial charge in [-0.1, -0.05) is 91.0 Å². The highest BCUT2D eigenvalue weighted by molar-refractivity contribution is 6.13. The molecule has 3 aromatic rings. The van der Waals surface area contributed by atoms with Gasteiger partial charge in [0, 0.05) is 23.5 Å². The second-order valence-electron chi connectivity index (χ2n) is 8.48. The monoisotopic (exact) mass is 431 g/mol. The van der Waals surface area contributed by atoms with E-state index in [0.29, 0.717) is 6.61 Å². The fraction of sp³-hybridized carbons (Fsp3) is 0.172. The third-order valence-electron chi connectivity index (χ3n) is 6.41. The Hall–Kier alpha value is -3.92. The quantitative estimate of drug-likeness (QED) is 0.564. The van der Waals surface area contributed by atoms with E-state index in [-0.39, 0.29) is 12.1 Å². The van der Waals surface area contributed by atoms with Crippen LogP contribution in [0.4, 0.5) is 0 Å². The zero-order valence-electron chi connectivity index (χ0n) is 18.3. The maximum absolute atomic E-state index is 6.08. The van der Waals surface area contributed by atoms with Crippen molar-refractivity contribution < 1.29 is 4.74 Å². The lowest BCUT2D eigenvalue weighted by molar-refractivity contribution is 0.326. The Kier molecular flexibility index (Phi) is 5.11. The van der Waals surface area contributed by atoms with E-state index >= 15 is 0 Å². The second-order valence-corrected chi connectivity index (χ2v) is 8.48. The molecule has 2 heterocycles. The normalized spacial score (nSPS) is 21.0. The van der Waals surface area contributed by atoms with Crippen molar-refractivity contribution in [2.24, 2.45) is 15.9 Å². The van der Waals surface area contributed by atoms with Gasteiger partial charge in [-0.05, 0) is 29.2 Å². The molecule has 3 aliphatic rings. The van der Waals surface area contributed by atoms with Crippen molar-refractivity contribution >= 4 is 11.7 Å². The molecule has 1 aliphatic carbocycles. The van der Waals surface area contributed by atoms with Gasteiger partial charge in [-0.3, -0.25) is 0 Å². The van der Waals surface area contributed by atoms with Crippen LogP contribution in [-0.4, -0.2) is 18.3 Å². The molecule has 33 heavy (non-hydrogen) atoms. The van der Waals surface area contributed by atoms with Crippen LogP contribution in [0.15, 0.2) is 107 Å². The minimum Gasteiger partial charge on any atom is -0.493 e. The van der Waals surface area contributed by atoms with Crippen molar-refractivity contribution in [2.75, 3.05) is 6.61 Å². The molecule has 0 aromatic heterocycles. The SMILES string of the molecule is C1=CCC(C2=NC(c3ccccc3)N=C(c3cccc4c3CCOc3ccccc3-4)N2)C=C1. The molecule has 0 saturated heterocycles. The van der Waals surface area contributed by atoms with Gasteiger partial charge in [-0.15, -0.1) is 0 Å². The Bertz CT molecular complexity index is 1300. The maximum Gasteiger partial charge on any atom is 0.169 e. The number of nitrogens with one attached hydrogen (secondary N) is 1. The van der Waals surface area contributed by atoms with Gasteiger partial charge in [-0.25, -0.2) is 9.98 Å². The first-order chi connectivity index (χ1) is 16.4. The van der Waals surface area contributed by atoms with Gasteiger partial charge in [0.15, 0.2) is 6.17 Å². The summed E-state index contributed by atoms with van der Waals surface area (Å²) in [6, 6.07) is 25.1. The van der Waals surface area contributed by atoms with Gasteiger partial charge in [0.2, 0.25) is 0 Å². The van der Waals surface area contributed by atoms with E-state index in [9.17, 15) is 0 Å². The molecule has 2 unspecified atom stereocenters. The molecule has 2 aliphatic heterocycles. The maximum atomic E-state index is 6.08. The predicted octanol–water partition coefficient (Wildman–Crippen LogP) is 5.87. The molecular weight excluding hydrogens is 406 g/mol. The van der Waals surface area contributed by atoms with Gasteiger partial charge in [0.1, 0.15) is 17.4 Å². The lowest BCUT2D eigenvalue weighted by Gasteiger charge is -2.27. The summed E-state index contributed by atoms with van der Waals surface area (Å²) < 4.78 is 6.08. The van der Waals surface area contributed by atoms with Crippen molar-refractivity contribution in [3.63, 3.8) is 0 Å². The Balaban J connectivity index is 1.46. The number of aliphatic imine (C=N–C) groups is 2. The minimum absolute atomic E-state index is 0.220. The molecule has 4 heteroatoms. The van der Waals surface area contributed by atoms with E-state index in [1.165, 1.54) is 11.1 Å². The summed E-state index contributed by atoms with van der Waals surface area (Å²) in [5.74, 6) is 3.01. The highest BCUT2D eigenvalue weighted by Crippen LogP contribution is 2.37. The van der Waals surface area contributed by atoms with Crippen LogP contribution < -0.4 is 10.1 Å². The average molecular weight is 432 g/mol. The van der Waals surface area contributed by atoms with Crippen LogP contribution in [0.2, 0.25) is 0 Å². The molecule has 3 aromatic carbocycles. The summed E-state index contributed by atoms with van der Waals surface area (Å²) >= 11 is 0. The number of allylic oxidation sites excluding steroid dienone is 3. The molecule has 1 N–H and O–H groups in total. The largest absolute Gasteiger partial charge is 0.493 e. The van der Waals surface area contributed by atoms with Crippen molar-refractivity contribution in [1.29, 1.82) is 0 Å². The van der Waals surface area contributed by atoms with Crippen molar-refractivity contribution in [2.45, 2.75) is 19.0 Å². The number of nitrogens with zero attached hydrogens (tertiary/aromatic N) is 2. The molecule has 0 saturated carbocycles. The van der Waals surface area contributed by atoms with Crippen LogP contribution in [-0.2, 0) is 6.42 Å². The van der Waals surface area contributed by atoms with Crippen LogP contribution in [0.1, 0.15) is 29.3 Å². The minimum atomic E-state index is -0.262. The first-order valence-electron chi connectivity index (χ1n) is 11.5. The molecule has 0 bridgehead atoms. The highest BCUT2D eigenvalue weighted by atomic mass is 16.5. The summed E-state index contributed by atoms with van der Waals surface area (Å²) in [5, 5.41) is 3.61. The topological polar surface area (TPSA) is 46.0 Å². The first kappa shape index (κ1) is 19.7. The van der Waals surface area contributed by atoms with Crippen molar-refractivity contribution in [3.8, 4) is 16.9 Å². The molecule has 2 atom stereocenters. The van der Waals surface area contributed by atoms with E-state index in [0.717, 1.165) is 47.0 Å². The summed E-state index contributed by atoms with van der Waals surface area (Å²) in [5.41, 5.74) is 5.83. The molecule has 4 nitrogen and oxygen atoms in total. The lowest BCUT2D eigenvalue weighted by atomic mass is 9.92. The fourth-order valence-electron chi connectivity index (χ4n) is 4.76. The number of amidine groups is 2. The standard InChI is InChI=1S/C29H25N3O/c1-3-10-20(11-4-1)27-30-28(21-12-5-2-6-13-21)32-29(31-27)25-16-9-15-22-23(25)18-19-33-26-17-8-7-14-24(22)26/h1-12,14-17,21,27H,13,18-19H2,(H,30,31,32). The van der Waals surface area contributed by atoms with Crippen LogP contribution in [0.3, 0.4) is 0 Å². The van der Waals surface area contributed by atoms with E-state index in [4.69, 9.17) is 14.7 Å². The van der Waals surface area contributed by atoms with Gasteiger partial charge in [-0.2, -0.15) is 0 Å². The number of para-hydroxylation sites is 1. The van der Waals surface area contributed by atoms with Crippen LogP contribution in [0, 0.1) is 5.92 Å². The second kappa shape index (κ2) is 8.55. The summed E-state index contributed by atoms with van der Waals surface area (Å²) in [6.45, 7) is 0.646. The van der Waals surface area contributed by atoms with E-state index in [1.807, 2.05) is 30.3 Å². The number of hydrogen-bond acceptors (Lipinski definition) is 4. The van der Waals surface area contributed by atoms with E-state index in [1.54, 1.807) is 0 Å². The molecule has 0 radical (unpaired) electrons. The molecule has 0 spiro atoms. The number of ether oxygens (including phenoxy) is 1. The average Bonchev–Trinajstić information content (AvgIpc) is 3.09. The first-order valence-corrected chi connectivity index (χ1v) is 11.5. The van der Waals surface area contributed by atoms with Gasteiger partial charge < -0.3 is 10.1 Å². The zero-order valence-corrected chi connectivity index (χ0v) is 18.3. The van der Waals surface area contributed by atoms with Gasteiger partial charge in [0.05, 0.1) is 6.61 Å². The van der Waals surface area contributed by atoms with E-state index in [2.05, 4.69) is 72.1 Å². The van der Waals surface area contributed by atoms with Crippen LogP contribution in [0.5, 0.6) is 5.75 Å². The van der Waals surface area contributed by atoms with Crippen molar-refractivity contribution in [3.05, 3.63) is 114 Å². The van der Waals surface area contributed by atoms with Crippen molar-refractivity contribution in [1.82, 2.24) is 5.32 Å². The number of rotatable bonds is 3. The van der Waals surface area contributed by atoms with Gasteiger partial charge in [0.25, 0.3) is 0 Å². The third kappa shape index (κ3) is 3.78. The predicted molar refractivity (Wildman–Crippen MR) is 134 cm³/mol. The Morgan fingerprint density at radius 2 is 1.61 bits per heavy atom. The van der Waals surface area contributed by atoms with E-state index < -0.39 is 0 Å². The summed E-state index contributed by atoms with van der Waals surface area (Å²) in [4.78, 5) is 10.1. The summed E-state index contributed by atoms with van der Waals surface area (Å²) in [7, 11) is 0. The Morgan fingerprint density at radius 1 is 0.788 bits per heavy atom. The Labute approximate surface area is 194 Å². The lowest BCUT2D eigenvalue weighted by Crippen LogP contribution is -2.40. The third-order valence-corrected chi connectivity index (χ3v) is 6.41. The number of benzene rings is 3. The fourth-order valence-corrected chi connectivity index (χ4v) is 4.76. The van der Waals surface area contributed by atoms with Crippen LogP contribution >= 0.6 is 0 Å². The molecule has 0 amide bonds. The number of fused-ring (bicyclic) bond motifs is 3. The van der Waals surface area contributed by atoms with Crippen LogP contribution in [0.25, 0.3) is 11.1 Å². The highest BCUT2D eigenvalue weighted by Gasteiger charge is 2.26. The number of hydrogen-bond donors (Lipinski definition) is 1. The molecule has 162 valence electrons. The molecule has 6 rings (SSSR count). The molecule has 0 fully saturated rings.